The molecule has 4 nitrogen and oxygen atoms in total. The lowest BCUT2D eigenvalue weighted by atomic mass is 10.1. The number of rotatable bonds is 3. The molecular formula is C7H8N2O2. The van der Waals surface area contributed by atoms with Crippen LogP contribution in [-0.4, -0.2) is 16.7 Å². The third kappa shape index (κ3) is 1.93. The Kier molecular flexibility index (Phi) is 2.06. The lowest BCUT2D eigenvalue weighted by Crippen LogP contribution is -2.15. The molecule has 1 amide bonds. The zero-order valence-electron chi connectivity index (χ0n) is 5.83. The Labute approximate surface area is 63.4 Å². The van der Waals surface area contributed by atoms with E-state index in [4.69, 9.17) is 5.73 Å². The van der Waals surface area contributed by atoms with Crippen molar-refractivity contribution in [3.8, 4) is 0 Å². The number of nitrogens with two attached hydrogens (primary N) is 1. The Balaban J connectivity index is 2.64. The van der Waals surface area contributed by atoms with Gasteiger partial charge in [-0.2, -0.15) is 0 Å². The van der Waals surface area contributed by atoms with Crippen LogP contribution in [-0.2, 0) is 4.79 Å². The van der Waals surface area contributed by atoms with E-state index in [1.54, 1.807) is 12.3 Å². The van der Waals surface area contributed by atoms with E-state index in [0.717, 1.165) is 0 Å². The second-order valence-corrected chi connectivity index (χ2v) is 2.17. The van der Waals surface area contributed by atoms with Crippen LogP contribution in [0.1, 0.15) is 16.8 Å². The molecule has 0 fully saturated rings. The van der Waals surface area contributed by atoms with E-state index in [2.05, 4.69) is 4.98 Å². The molecule has 1 aromatic heterocycles. The molecule has 0 aliphatic heterocycles. The second-order valence-electron chi connectivity index (χ2n) is 2.17. The van der Waals surface area contributed by atoms with Crippen molar-refractivity contribution in [3.05, 3.63) is 24.0 Å². The highest BCUT2D eigenvalue weighted by molar-refractivity contribution is 6.06. The molecule has 0 aliphatic rings. The van der Waals surface area contributed by atoms with Crippen molar-refractivity contribution in [2.75, 3.05) is 0 Å². The molecule has 0 aromatic carbocycles. The van der Waals surface area contributed by atoms with Crippen molar-refractivity contribution in [1.29, 1.82) is 0 Å². The summed E-state index contributed by atoms with van der Waals surface area (Å²) in [5, 5.41) is 0. The van der Waals surface area contributed by atoms with E-state index in [0.29, 0.717) is 5.56 Å². The molecule has 0 aliphatic carbocycles. The lowest BCUT2D eigenvalue weighted by Gasteiger charge is -1.90. The average molecular weight is 152 g/mol. The van der Waals surface area contributed by atoms with Crippen molar-refractivity contribution in [2.45, 2.75) is 6.42 Å². The standard InChI is InChI=1S/C7H8N2O2/c8-7(11)3-6(10)5-1-2-9-4-5/h1-2,4,9H,3H2,(H2,8,11). The van der Waals surface area contributed by atoms with Crippen molar-refractivity contribution in [2.24, 2.45) is 5.73 Å². The number of ketones is 1. The van der Waals surface area contributed by atoms with E-state index in [-0.39, 0.29) is 12.2 Å². The van der Waals surface area contributed by atoms with Crippen LogP contribution >= 0.6 is 0 Å². The van der Waals surface area contributed by atoms with Crippen LogP contribution < -0.4 is 5.73 Å². The summed E-state index contributed by atoms with van der Waals surface area (Å²) in [6.07, 6.45) is 2.93. The highest BCUT2D eigenvalue weighted by atomic mass is 16.2. The van der Waals surface area contributed by atoms with Gasteiger partial charge in [0.05, 0.1) is 6.42 Å². The Bertz CT molecular complexity index is 264. The summed E-state index contributed by atoms with van der Waals surface area (Å²) in [7, 11) is 0. The number of Topliss-reactive ketones (excluding diaryl/α,β-unsaturated/α-hetero) is 1. The summed E-state index contributed by atoms with van der Waals surface area (Å²) in [5.74, 6) is -0.852. The van der Waals surface area contributed by atoms with E-state index in [9.17, 15) is 9.59 Å². The third-order valence-electron chi connectivity index (χ3n) is 1.25. The van der Waals surface area contributed by atoms with E-state index >= 15 is 0 Å². The lowest BCUT2D eigenvalue weighted by molar-refractivity contribution is -0.117. The number of amides is 1. The fourth-order valence-corrected chi connectivity index (χ4v) is 0.758. The summed E-state index contributed by atoms with van der Waals surface area (Å²) in [6, 6.07) is 1.60. The van der Waals surface area contributed by atoms with Crippen LogP contribution in [0.2, 0.25) is 0 Å². The van der Waals surface area contributed by atoms with Crippen molar-refractivity contribution in [3.63, 3.8) is 0 Å². The molecule has 0 saturated heterocycles. The molecule has 1 heterocycles. The van der Waals surface area contributed by atoms with Crippen LogP contribution in [0.25, 0.3) is 0 Å². The first-order chi connectivity index (χ1) is 5.20. The predicted octanol–water partition coefficient (Wildman–Crippen LogP) is 0.0728. The van der Waals surface area contributed by atoms with Gasteiger partial charge in [-0.3, -0.25) is 9.59 Å². The maximum Gasteiger partial charge on any atom is 0.225 e. The van der Waals surface area contributed by atoms with Crippen molar-refractivity contribution >= 4 is 11.7 Å². The Morgan fingerprint density at radius 1 is 1.55 bits per heavy atom. The monoisotopic (exact) mass is 152 g/mol. The van der Waals surface area contributed by atoms with Gasteiger partial charge in [-0.15, -0.1) is 0 Å². The summed E-state index contributed by atoms with van der Waals surface area (Å²) >= 11 is 0. The van der Waals surface area contributed by atoms with Gasteiger partial charge < -0.3 is 10.7 Å². The van der Waals surface area contributed by atoms with Gasteiger partial charge in [0, 0.05) is 18.0 Å². The number of aromatic amines is 1. The number of aromatic nitrogens is 1. The maximum atomic E-state index is 11.0. The largest absolute Gasteiger partial charge is 0.369 e. The Morgan fingerprint density at radius 3 is 2.73 bits per heavy atom. The number of carbonyl (C=O) groups is 2. The van der Waals surface area contributed by atoms with E-state index < -0.39 is 5.91 Å². The minimum absolute atomic E-state index is 0.224. The minimum Gasteiger partial charge on any atom is -0.369 e. The average Bonchev–Trinajstić information content (AvgIpc) is 2.35. The number of hydrogen-bond acceptors (Lipinski definition) is 2. The topological polar surface area (TPSA) is 76.0 Å². The van der Waals surface area contributed by atoms with Gasteiger partial charge in [0.1, 0.15) is 0 Å². The number of H-pyrrole nitrogens is 1. The third-order valence-corrected chi connectivity index (χ3v) is 1.25. The Morgan fingerprint density at radius 2 is 2.27 bits per heavy atom. The first-order valence-electron chi connectivity index (χ1n) is 3.14. The predicted molar refractivity (Wildman–Crippen MR) is 38.9 cm³/mol. The summed E-state index contributed by atoms with van der Waals surface area (Å²) < 4.78 is 0. The highest BCUT2D eigenvalue weighted by Gasteiger charge is 2.08. The highest BCUT2D eigenvalue weighted by Crippen LogP contribution is 2.00. The van der Waals surface area contributed by atoms with Gasteiger partial charge in [-0.05, 0) is 6.07 Å². The quantitative estimate of drug-likeness (QED) is 0.475. The van der Waals surface area contributed by atoms with Crippen LogP contribution in [0.15, 0.2) is 18.5 Å². The van der Waals surface area contributed by atoms with Crippen LogP contribution in [0.5, 0.6) is 0 Å². The molecule has 0 atom stereocenters. The second kappa shape index (κ2) is 3.01. The fraction of sp³-hybridized carbons (Fsp3) is 0.143. The SMILES string of the molecule is NC(=O)CC(=O)c1cc[nH]c1. The van der Waals surface area contributed by atoms with Gasteiger partial charge >= 0.3 is 0 Å². The Hall–Kier alpha value is -1.58. The van der Waals surface area contributed by atoms with E-state index in [1.807, 2.05) is 0 Å². The number of hydrogen-bond donors (Lipinski definition) is 2. The van der Waals surface area contributed by atoms with Gasteiger partial charge in [0.25, 0.3) is 0 Å². The van der Waals surface area contributed by atoms with Crippen LogP contribution in [0, 0.1) is 0 Å². The van der Waals surface area contributed by atoms with Crippen LogP contribution in [0.3, 0.4) is 0 Å². The molecule has 0 unspecified atom stereocenters. The molecule has 0 radical (unpaired) electrons. The fourth-order valence-electron chi connectivity index (χ4n) is 0.758. The number of carbonyl (C=O) groups excluding carboxylic acids is 2. The van der Waals surface area contributed by atoms with Gasteiger partial charge in [0.15, 0.2) is 5.78 Å². The molecule has 58 valence electrons. The van der Waals surface area contributed by atoms with Gasteiger partial charge in [-0.25, -0.2) is 0 Å². The molecule has 0 saturated carbocycles. The van der Waals surface area contributed by atoms with Crippen LogP contribution in [0.4, 0.5) is 0 Å². The van der Waals surface area contributed by atoms with Crippen molar-refractivity contribution in [1.82, 2.24) is 4.98 Å². The minimum atomic E-state index is -0.601. The van der Waals surface area contributed by atoms with E-state index in [1.165, 1.54) is 6.20 Å². The number of nitrogens with one attached hydrogen (secondary N) is 1. The normalized spacial score (nSPS) is 9.45. The maximum absolute atomic E-state index is 11.0. The van der Waals surface area contributed by atoms with Gasteiger partial charge in [-0.1, -0.05) is 0 Å². The van der Waals surface area contributed by atoms with Crippen molar-refractivity contribution < 1.29 is 9.59 Å². The first kappa shape index (κ1) is 7.53. The molecule has 0 bridgehead atoms. The smallest absolute Gasteiger partial charge is 0.225 e. The summed E-state index contributed by atoms with van der Waals surface area (Å²) in [5.41, 5.74) is 5.32. The molecule has 3 N–H and O–H groups in total. The molecule has 1 rings (SSSR count). The molecular weight excluding hydrogens is 144 g/mol. The summed E-state index contributed by atoms with van der Waals surface area (Å²) in [4.78, 5) is 24.0. The summed E-state index contributed by atoms with van der Waals surface area (Å²) in [6.45, 7) is 0. The molecule has 11 heavy (non-hydrogen) atoms. The molecule has 1 aromatic rings. The van der Waals surface area contributed by atoms with Gasteiger partial charge in [0.2, 0.25) is 5.91 Å². The molecule has 0 spiro atoms. The zero-order valence-corrected chi connectivity index (χ0v) is 5.83. The number of primary amides is 1. The zero-order chi connectivity index (χ0) is 8.27. The first-order valence-corrected chi connectivity index (χ1v) is 3.14. The molecule has 4 heteroatoms.